The van der Waals surface area contributed by atoms with Crippen LogP contribution in [0.3, 0.4) is 0 Å². The van der Waals surface area contributed by atoms with Crippen molar-refractivity contribution in [3.05, 3.63) is 30.3 Å². The van der Waals surface area contributed by atoms with Crippen molar-refractivity contribution in [3.63, 3.8) is 0 Å². The minimum atomic E-state index is -3.59. The van der Waals surface area contributed by atoms with Gasteiger partial charge in [-0.1, -0.05) is 30.3 Å². The van der Waals surface area contributed by atoms with Crippen LogP contribution < -0.4 is 0 Å². The van der Waals surface area contributed by atoms with Gasteiger partial charge in [0.05, 0.1) is 5.56 Å². The number of rotatable bonds is 3. The van der Waals surface area contributed by atoms with Crippen molar-refractivity contribution in [1.82, 2.24) is 4.37 Å². The van der Waals surface area contributed by atoms with E-state index in [9.17, 15) is 16.8 Å². The van der Waals surface area contributed by atoms with Crippen molar-refractivity contribution in [1.29, 1.82) is 0 Å². The van der Waals surface area contributed by atoms with E-state index in [1.54, 1.807) is 30.3 Å². The van der Waals surface area contributed by atoms with Gasteiger partial charge < -0.3 is 0 Å². The zero-order chi connectivity index (χ0) is 14.3. The van der Waals surface area contributed by atoms with Crippen molar-refractivity contribution in [3.8, 4) is 11.1 Å². The van der Waals surface area contributed by atoms with Gasteiger partial charge in [0, 0.05) is 12.5 Å². The van der Waals surface area contributed by atoms with Crippen LogP contribution in [-0.4, -0.2) is 33.7 Å². The third-order valence-corrected chi connectivity index (χ3v) is 6.15. The van der Waals surface area contributed by atoms with Gasteiger partial charge in [-0.3, -0.25) is 0 Å². The van der Waals surface area contributed by atoms with E-state index in [0.717, 1.165) is 12.5 Å². The number of hydrogen-bond acceptors (Lipinski definition) is 6. The van der Waals surface area contributed by atoms with Crippen LogP contribution in [0.4, 0.5) is 0 Å². The highest BCUT2D eigenvalue weighted by atomic mass is 32.2. The highest BCUT2D eigenvalue weighted by Crippen LogP contribution is 2.36. The molecule has 0 saturated heterocycles. The van der Waals surface area contributed by atoms with Crippen molar-refractivity contribution < 1.29 is 16.8 Å². The lowest BCUT2D eigenvalue weighted by Gasteiger charge is -2.03. The Bertz CT molecular complexity index is 755. The maximum atomic E-state index is 11.7. The van der Waals surface area contributed by atoms with E-state index in [0.29, 0.717) is 17.1 Å². The van der Waals surface area contributed by atoms with Crippen LogP contribution in [0.1, 0.15) is 0 Å². The maximum absolute atomic E-state index is 11.7. The lowest BCUT2D eigenvalue weighted by Crippen LogP contribution is -2.02. The molecule has 0 spiro atoms. The molecule has 0 unspecified atom stereocenters. The normalized spacial score (nSPS) is 12.5. The first kappa shape index (κ1) is 14.2. The van der Waals surface area contributed by atoms with E-state index in [2.05, 4.69) is 4.37 Å². The zero-order valence-corrected chi connectivity index (χ0v) is 12.6. The standard InChI is InChI=1S/C11H11NO4S3/c1-18(13,14)10-9(8-6-4-3-5-7-8)11(17-12-10)19(2,15)16/h3-7H,1-2H3. The third-order valence-electron chi connectivity index (χ3n) is 2.38. The van der Waals surface area contributed by atoms with Gasteiger partial charge in [-0.15, -0.1) is 0 Å². The predicted octanol–water partition coefficient (Wildman–Crippen LogP) is 1.62. The molecule has 2 aromatic rings. The summed E-state index contributed by atoms with van der Waals surface area (Å²) in [5.41, 5.74) is 0.688. The SMILES string of the molecule is CS(=O)(=O)c1nsc(S(C)(=O)=O)c1-c1ccccc1. The summed E-state index contributed by atoms with van der Waals surface area (Å²) in [5, 5.41) is -0.191. The Morgan fingerprint density at radius 3 is 2.00 bits per heavy atom. The molecule has 2 rings (SSSR count). The Labute approximate surface area is 115 Å². The zero-order valence-electron chi connectivity index (χ0n) is 10.2. The minimum Gasteiger partial charge on any atom is -0.223 e. The number of sulfone groups is 2. The van der Waals surface area contributed by atoms with Crippen LogP contribution in [0, 0.1) is 0 Å². The summed E-state index contributed by atoms with van der Waals surface area (Å²) in [6, 6.07) is 8.51. The second-order valence-electron chi connectivity index (χ2n) is 4.06. The van der Waals surface area contributed by atoms with Crippen molar-refractivity contribution in [2.45, 2.75) is 9.24 Å². The van der Waals surface area contributed by atoms with Crippen molar-refractivity contribution in [2.24, 2.45) is 0 Å². The number of aromatic nitrogens is 1. The van der Waals surface area contributed by atoms with Crippen LogP contribution in [0.5, 0.6) is 0 Å². The van der Waals surface area contributed by atoms with Crippen LogP contribution >= 0.6 is 11.5 Å². The summed E-state index contributed by atoms with van der Waals surface area (Å²) in [4.78, 5) is 0. The second kappa shape index (κ2) is 4.69. The molecule has 0 aliphatic heterocycles. The summed E-state index contributed by atoms with van der Waals surface area (Å²) in [5.74, 6) is 0. The first-order chi connectivity index (χ1) is 8.71. The van der Waals surface area contributed by atoms with Gasteiger partial charge in [0.1, 0.15) is 4.21 Å². The lowest BCUT2D eigenvalue weighted by molar-refractivity contribution is 0.600. The van der Waals surface area contributed by atoms with Crippen molar-refractivity contribution in [2.75, 3.05) is 12.5 Å². The van der Waals surface area contributed by atoms with Crippen LogP contribution in [-0.2, 0) is 19.7 Å². The molecule has 5 nitrogen and oxygen atoms in total. The maximum Gasteiger partial charge on any atom is 0.194 e. The van der Waals surface area contributed by atoms with E-state index < -0.39 is 19.7 Å². The molecular weight excluding hydrogens is 306 g/mol. The molecule has 0 bridgehead atoms. The Hall–Kier alpha value is -1.25. The largest absolute Gasteiger partial charge is 0.223 e. The highest BCUT2D eigenvalue weighted by Gasteiger charge is 2.27. The first-order valence-corrected chi connectivity index (χ1v) is 9.72. The first-order valence-electron chi connectivity index (χ1n) is 5.16. The average Bonchev–Trinajstić information content (AvgIpc) is 2.73. The van der Waals surface area contributed by atoms with E-state index in [1.165, 1.54) is 0 Å². The quantitative estimate of drug-likeness (QED) is 0.859. The van der Waals surface area contributed by atoms with E-state index in [4.69, 9.17) is 0 Å². The smallest absolute Gasteiger partial charge is 0.194 e. The Morgan fingerprint density at radius 2 is 1.53 bits per heavy atom. The molecule has 0 saturated carbocycles. The second-order valence-corrected chi connectivity index (χ2v) is 8.98. The van der Waals surface area contributed by atoms with Crippen LogP contribution in [0.2, 0.25) is 0 Å². The summed E-state index contributed by atoms with van der Waals surface area (Å²) in [6.07, 6.45) is 2.06. The minimum absolute atomic E-state index is 0.0286. The van der Waals surface area contributed by atoms with Gasteiger partial charge in [0.25, 0.3) is 0 Å². The Morgan fingerprint density at radius 1 is 0.947 bits per heavy atom. The lowest BCUT2D eigenvalue weighted by atomic mass is 10.1. The van der Waals surface area contributed by atoms with Gasteiger partial charge in [-0.25, -0.2) is 16.8 Å². The molecule has 102 valence electrons. The molecule has 0 fully saturated rings. The molecule has 0 amide bonds. The van der Waals surface area contributed by atoms with Crippen LogP contribution in [0.15, 0.2) is 39.6 Å². The molecule has 8 heteroatoms. The molecule has 19 heavy (non-hydrogen) atoms. The number of benzene rings is 1. The molecule has 1 aromatic heterocycles. The van der Waals surface area contributed by atoms with Crippen molar-refractivity contribution >= 4 is 31.2 Å². The fourth-order valence-corrected chi connectivity index (χ4v) is 4.79. The molecule has 0 aliphatic rings. The van der Waals surface area contributed by atoms with E-state index >= 15 is 0 Å². The molecule has 0 aliphatic carbocycles. The van der Waals surface area contributed by atoms with Crippen LogP contribution in [0.25, 0.3) is 11.1 Å². The molecule has 1 heterocycles. The summed E-state index contributed by atoms with van der Waals surface area (Å²) in [6.45, 7) is 0. The monoisotopic (exact) mass is 317 g/mol. The van der Waals surface area contributed by atoms with Gasteiger partial charge in [0.2, 0.25) is 0 Å². The number of hydrogen-bond donors (Lipinski definition) is 0. The van der Waals surface area contributed by atoms with Gasteiger partial charge in [-0.2, -0.15) is 4.37 Å². The fraction of sp³-hybridized carbons (Fsp3) is 0.182. The summed E-state index contributed by atoms with van der Waals surface area (Å²) < 4.78 is 50.7. The van der Waals surface area contributed by atoms with Gasteiger partial charge >= 0.3 is 0 Å². The summed E-state index contributed by atoms with van der Waals surface area (Å²) >= 11 is 0.688. The van der Waals surface area contributed by atoms with E-state index in [1.807, 2.05) is 0 Å². The molecule has 1 aromatic carbocycles. The fourth-order valence-electron chi connectivity index (χ4n) is 1.61. The summed E-state index contributed by atoms with van der Waals surface area (Å²) in [7, 11) is -7.12. The molecule has 0 N–H and O–H groups in total. The Balaban J connectivity index is 2.87. The average molecular weight is 317 g/mol. The Kier molecular flexibility index (Phi) is 3.50. The molecular formula is C11H11NO4S3. The van der Waals surface area contributed by atoms with Gasteiger partial charge in [0.15, 0.2) is 24.7 Å². The molecule has 0 atom stereocenters. The number of nitrogens with zero attached hydrogens (tertiary/aromatic N) is 1. The predicted molar refractivity (Wildman–Crippen MR) is 73.8 cm³/mol. The third kappa shape index (κ3) is 2.85. The topological polar surface area (TPSA) is 81.2 Å². The highest BCUT2D eigenvalue weighted by molar-refractivity contribution is 7.93. The van der Waals surface area contributed by atoms with E-state index in [-0.39, 0.29) is 14.8 Å². The molecule has 0 radical (unpaired) electrons. The van der Waals surface area contributed by atoms with Gasteiger partial charge in [-0.05, 0) is 17.1 Å².